The van der Waals surface area contributed by atoms with Gasteiger partial charge < -0.3 is 15.5 Å². The van der Waals surface area contributed by atoms with Crippen LogP contribution in [0.4, 0.5) is 0 Å². The highest BCUT2D eigenvalue weighted by molar-refractivity contribution is 5.76. The van der Waals surface area contributed by atoms with Crippen molar-refractivity contribution in [3.05, 3.63) is 0 Å². The van der Waals surface area contributed by atoms with Crippen LogP contribution in [0.5, 0.6) is 0 Å². The maximum atomic E-state index is 11.9. The van der Waals surface area contributed by atoms with Gasteiger partial charge in [-0.25, -0.2) is 0 Å². The fourth-order valence-corrected chi connectivity index (χ4v) is 3.34. The molecule has 2 aliphatic rings. The smallest absolute Gasteiger partial charge is 0.221 e. The van der Waals surface area contributed by atoms with E-state index in [0.717, 1.165) is 25.4 Å². The zero-order chi connectivity index (χ0) is 15.1. The molecule has 0 aliphatic carbocycles. The Bertz CT molecular complexity index is 305. The Hall–Kier alpha value is -0.610. The number of carbonyl (C=O) groups excluding carboxylic acids is 1. The number of nitrogens with zero attached hydrogens (tertiary/aromatic N) is 1. The van der Waals surface area contributed by atoms with Crippen molar-refractivity contribution in [2.45, 2.75) is 58.4 Å². The molecule has 122 valence electrons. The first kappa shape index (κ1) is 16.8. The van der Waals surface area contributed by atoms with Crippen LogP contribution < -0.4 is 10.6 Å². The third-order valence-corrected chi connectivity index (χ3v) is 4.91. The highest BCUT2D eigenvalue weighted by atomic mass is 16.1. The van der Waals surface area contributed by atoms with E-state index in [-0.39, 0.29) is 5.91 Å². The number of piperidine rings is 1. The highest BCUT2D eigenvalue weighted by Gasteiger charge is 2.21. The first-order valence-corrected chi connectivity index (χ1v) is 8.86. The summed E-state index contributed by atoms with van der Waals surface area (Å²) in [6.45, 7) is 10.2. The number of amides is 1. The fraction of sp³-hybridized carbons (Fsp3) is 0.941. The average Bonchev–Trinajstić information content (AvgIpc) is 2.97. The number of hydrogen-bond donors (Lipinski definition) is 2. The SMILES string of the molecule is CC(C)CCN1CCC(CNC(=O)CC2CCCN2)CC1. The van der Waals surface area contributed by atoms with Gasteiger partial charge in [0.25, 0.3) is 0 Å². The summed E-state index contributed by atoms with van der Waals surface area (Å²) in [5.74, 6) is 1.71. The summed E-state index contributed by atoms with van der Waals surface area (Å²) >= 11 is 0. The molecule has 2 heterocycles. The molecule has 4 heteroatoms. The Morgan fingerprint density at radius 2 is 2.05 bits per heavy atom. The molecule has 0 bridgehead atoms. The van der Waals surface area contributed by atoms with Gasteiger partial charge >= 0.3 is 0 Å². The van der Waals surface area contributed by atoms with Crippen LogP contribution in [-0.4, -0.2) is 49.6 Å². The van der Waals surface area contributed by atoms with Crippen LogP contribution in [0.1, 0.15) is 52.4 Å². The Kier molecular flexibility index (Phi) is 6.97. The molecular formula is C17H33N3O. The topological polar surface area (TPSA) is 44.4 Å². The molecule has 0 spiro atoms. The van der Waals surface area contributed by atoms with Crippen LogP contribution in [0.3, 0.4) is 0 Å². The Morgan fingerprint density at radius 1 is 1.29 bits per heavy atom. The second kappa shape index (κ2) is 8.74. The Balaban J connectivity index is 1.54. The monoisotopic (exact) mass is 295 g/mol. The van der Waals surface area contributed by atoms with Gasteiger partial charge in [0.15, 0.2) is 0 Å². The van der Waals surface area contributed by atoms with E-state index >= 15 is 0 Å². The highest BCUT2D eigenvalue weighted by Crippen LogP contribution is 2.17. The zero-order valence-electron chi connectivity index (χ0n) is 13.9. The van der Waals surface area contributed by atoms with Crippen LogP contribution in [0.2, 0.25) is 0 Å². The maximum absolute atomic E-state index is 11.9. The van der Waals surface area contributed by atoms with Crippen molar-refractivity contribution in [1.82, 2.24) is 15.5 Å². The average molecular weight is 295 g/mol. The van der Waals surface area contributed by atoms with E-state index in [1.165, 1.54) is 45.3 Å². The zero-order valence-corrected chi connectivity index (χ0v) is 13.9. The van der Waals surface area contributed by atoms with Crippen LogP contribution in [0.25, 0.3) is 0 Å². The second-order valence-corrected chi connectivity index (χ2v) is 7.27. The summed E-state index contributed by atoms with van der Waals surface area (Å²) in [4.78, 5) is 14.5. The Morgan fingerprint density at radius 3 is 2.67 bits per heavy atom. The molecule has 0 aromatic rings. The van der Waals surface area contributed by atoms with E-state index in [9.17, 15) is 4.79 Å². The van der Waals surface area contributed by atoms with Crippen molar-refractivity contribution in [1.29, 1.82) is 0 Å². The molecule has 0 aromatic carbocycles. The third-order valence-electron chi connectivity index (χ3n) is 4.91. The van der Waals surface area contributed by atoms with Gasteiger partial charge in [0.05, 0.1) is 0 Å². The summed E-state index contributed by atoms with van der Waals surface area (Å²) in [6.07, 6.45) is 6.80. The van der Waals surface area contributed by atoms with Crippen molar-refractivity contribution >= 4 is 5.91 Å². The van der Waals surface area contributed by atoms with Crippen molar-refractivity contribution in [2.24, 2.45) is 11.8 Å². The van der Waals surface area contributed by atoms with Crippen molar-refractivity contribution in [3.8, 4) is 0 Å². The van der Waals surface area contributed by atoms with Crippen LogP contribution in [0.15, 0.2) is 0 Å². The van der Waals surface area contributed by atoms with Gasteiger partial charge in [-0.2, -0.15) is 0 Å². The molecular weight excluding hydrogens is 262 g/mol. The predicted octanol–water partition coefficient (Wildman–Crippen LogP) is 2.00. The summed E-state index contributed by atoms with van der Waals surface area (Å²) < 4.78 is 0. The minimum absolute atomic E-state index is 0.233. The molecule has 2 N–H and O–H groups in total. The molecule has 2 saturated heterocycles. The third kappa shape index (κ3) is 6.35. The van der Waals surface area contributed by atoms with Crippen LogP contribution >= 0.6 is 0 Å². The quantitative estimate of drug-likeness (QED) is 0.755. The van der Waals surface area contributed by atoms with E-state index in [0.29, 0.717) is 18.4 Å². The lowest BCUT2D eigenvalue weighted by atomic mass is 9.96. The van der Waals surface area contributed by atoms with Crippen molar-refractivity contribution in [3.63, 3.8) is 0 Å². The molecule has 0 aromatic heterocycles. The first-order valence-electron chi connectivity index (χ1n) is 8.86. The van der Waals surface area contributed by atoms with Gasteiger partial charge in [-0.1, -0.05) is 13.8 Å². The molecule has 1 atom stereocenters. The number of carbonyl (C=O) groups is 1. The van der Waals surface area contributed by atoms with Gasteiger partial charge in [0.2, 0.25) is 5.91 Å². The molecule has 0 saturated carbocycles. The molecule has 21 heavy (non-hydrogen) atoms. The normalized spacial score (nSPS) is 24.6. The number of nitrogens with one attached hydrogen (secondary N) is 2. The fourth-order valence-electron chi connectivity index (χ4n) is 3.34. The molecule has 2 aliphatic heterocycles. The van der Waals surface area contributed by atoms with Crippen LogP contribution in [0, 0.1) is 11.8 Å². The largest absolute Gasteiger partial charge is 0.356 e. The second-order valence-electron chi connectivity index (χ2n) is 7.27. The number of likely N-dealkylation sites (tertiary alicyclic amines) is 1. The number of rotatable bonds is 7. The van der Waals surface area contributed by atoms with E-state index in [1.807, 2.05) is 0 Å². The summed E-state index contributed by atoms with van der Waals surface area (Å²) in [6, 6.07) is 0.419. The van der Waals surface area contributed by atoms with Gasteiger partial charge in [-0.15, -0.1) is 0 Å². The summed E-state index contributed by atoms with van der Waals surface area (Å²) in [5.41, 5.74) is 0. The molecule has 1 unspecified atom stereocenters. The lowest BCUT2D eigenvalue weighted by Crippen LogP contribution is -2.40. The standard InChI is InChI=1S/C17H33N3O/c1-14(2)5-9-20-10-6-15(7-11-20)13-19-17(21)12-16-4-3-8-18-16/h14-16,18H,3-13H2,1-2H3,(H,19,21). The summed E-state index contributed by atoms with van der Waals surface area (Å²) in [7, 11) is 0. The number of hydrogen-bond acceptors (Lipinski definition) is 3. The minimum atomic E-state index is 0.233. The lowest BCUT2D eigenvalue weighted by Gasteiger charge is -2.32. The van der Waals surface area contributed by atoms with Crippen molar-refractivity contribution in [2.75, 3.05) is 32.7 Å². The van der Waals surface area contributed by atoms with E-state index in [2.05, 4.69) is 29.4 Å². The predicted molar refractivity (Wildman–Crippen MR) is 87.3 cm³/mol. The molecule has 4 nitrogen and oxygen atoms in total. The van der Waals surface area contributed by atoms with Gasteiger partial charge in [0.1, 0.15) is 0 Å². The molecule has 0 radical (unpaired) electrons. The van der Waals surface area contributed by atoms with Gasteiger partial charge in [-0.05, 0) is 70.1 Å². The van der Waals surface area contributed by atoms with Crippen molar-refractivity contribution < 1.29 is 4.79 Å². The lowest BCUT2D eigenvalue weighted by molar-refractivity contribution is -0.121. The van der Waals surface area contributed by atoms with Gasteiger partial charge in [0, 0.05) is 19.0 Å². The van der Waals surface area contributed by atoms with E-state index in [1.54, 1.807) is 0 Å². The first-order chi connectivity index (χ1) is 10.1. The maximum Gasteiger partial charge on any atom is 0.221 e. The molecule has 2 fully saturated rings. The Labute approximate surface area is 130 Å². The van der Waals surface area contributed by atoms with Gasteiger partial charge in [-0.3, -0.25) is 4.79 Å². The van der Waals surface area contributed by atoms with E-state index in [4.69, 9.17) is 0 Å². The molecule has 1 amide bonds. The van der Waals surface area contributed by atoms with E-state index < -0.39 is 0 Å². The van der Waals surface area contributed by atoms with Crippen LogP contribution in [-0.2, 0) is 4.79 Å². The molecule has 2 rings (SSSR count). The summed E-state index contributed by atoms with van der Waals surface area (Å²) in [5, 5.41) is 6.53. The minimum Gasteiger partial charge on any atom is -0.356 e.